The lowest BCUT2D eigenvalue weighted by atomic mass is 9.55. The van der Waals surface area contributed by atoms with Crippen molar-refractivity contribution in [2.45, 2.75) is 77.1 Å². The van der Waals surface area contributed by atoms with E-state index in [1.165, 1.54) is 38.5 Å². The van der Waals surface area contributed by atoms with Gasteiger partial charge in [0.1, 0.15) is 0 Å². The summed E-state index contributed by atoms with van der Waals surface area (Å²) in [6.07, 6.45) is 8.66. The van der Waals surface area contributed by atoms with Crippen LogP contribution in [0, 0.1) is 17.3 Å². The van der Waals surface area contributed by atoms with Gasteiger partial charge in [-0.15, -0.1) is 0 Å². The first-order valence-electron chi connectivity index (χ1n) is 9.64. The van der Waals surface area contributed by atoms with Gasteiger partial charge >= 0.3 is 0 Å². The van der Waals surface area contributed by atoms with Crippen molar-refractivity contribution in [3.05, 3.63) is 35.4 Å². The fourth-order valence-corrected chi connectivity index (χ4v) is 7.33. The molecule has 1 aromatic carbocycles. The highest BCUT2D eigenvalue weighted by Crippen LogP contribution is 2.61. The molecule has 3 aliphatic carbocycles. The van der Waals surface area contributed by atoms with E-state index in [1.807, 2.05) is 0 Å². The summed E-state index contributed by atoms with van der Waals surface area (Å²) < 4.78 is 6.66. The largest absolute Gasteiger partial charge is 0.414 e. The number of rotatable bonds is 2. The van der Waals surface area contributed by atoms with E-state index in [0.29, 0.717) is 11.5 Å². The molecule has 4 rings (SSSR count). The monoisotopic (exact) mass is 328 g/mol. The Labute approximate surface area is 143 Å². The lowest BCUT2D eigenvalue weighted by Gasteiger charge is -2.51. The summed E-state index contributed by atoms with van der Waals surface area (Å²) in [5.74, 6) is 2.61. The van der Waals surface area contributed by atoms with E-state index < -0.39 is 8.32 Å². The molecule has 2 fully saturated rings. The van der Waals surface area contributed by atoms with E-state index in [2.05, 4.69) is 50.8 Å². The van der Waals surface area contributed by atoms with E-state index in [9.17, 15) is 0 Å². The van der Waals surface area contributed by atoms with E-state index >= 15 is 0 Å². The number of aryl methyl sites for hydroxylation is 1. The standard InChI is InChI=1S/C21H32OSi/c1-21-14-13-17-16-8-6-5-7-15(16)9-10-18(17)19(21)11-12-20(21)22-23(2,3)4/h5-8,17-20H,9-14H2,1-4H3/t17-,18-,19+,20-,21+/m1/s1. The van der Waals surface area contributed by atoms with Crippen molar-refractivity contribution in [2.75, 3.05) is 0 Å². The molecule has 0 aliphatic heterocycles. The maximum Gasteiger partial charge on any atom is 0.184 e. The second-order valence-corrected chi connectivity index (χ2v) is 13.9. The Morgan fingerprint density at radius 1 is 1.04 bits per heavy atom. The molecule has 0 saturated heterocycles. The van der Waals surface area contributed by atoms with Gasteiger partial charge in [0.05, 0.1) is 6.10 Å². The summed E-state index contributed by atoms with van der Waals surface area (Å²) >= 11 is 0. The van der Waals surface area contributed by atoms with Crippen molar-refractivity contribution in [2.24, 2.45) is 17.3 Å². The Bertz CT molecular complexity index is 590. The van der Waals surface area contributed by atoms with E-state index in [4.69, 9.17) is 4.43 Å². The minimum absolute atomic E-state index is 0.438. The van der Waals surface area contributed by atoms with Gasteiger partial charge in [-0.2, -0.15) is 0 Å². The summed E-state index contributed by atoms with van der Waals surface area (Å²) in [6.45, 7) is 9.62. The molecule has 0 heterocycles. The minimum atomic E-state index is -1.45. The van der Waals surface area contributed by atoms with Crippen LogP contribution >= 0.6 is 0 Å². The Balaban J connectivity index is 1.61. The molecule has 0 unspecified atom stereocenters. The zero-order valence-electron chi connectivity index (χ0n) is 15.3. The van der Waals surface area contributed by atoms with E-state index in [0.717, 1.165) is 17.8 Å². The van der Waals surface area contributed by atoms with Gasteiger partial charge in [-0.3, -0.25) is 0 Å². The van der Waals surface area contributed by atoms with Crippen molar-refractivity contribution in [3.8, 4) is 0 Å². The first kappa shape index (κ1) is 15.9. The maximum atomic E-state index is 6.66. The zero-order chi connectivity index (χ0) is 16.2. The molecule has 5 atom stereocenters. The second kappa shape index (κ2) is 5.45. The van der Waals surface area contributed by atoms with Gasteiger partial charge in [0, 0.05) is 0 Å². The van der Waals surface area contributed by atoms with Crippen LogP contribution in [0.3, 0.4) is 0 Å². The lowest BCUT2D eigenvalue weighted by molar-refractivity contribution is -0.0140. The summed E-state index contributed by atoms with van der Waals surface area (Å²) in [4.78, 5) is 0. The highest BCUT2D eigenvalue weighted by molar-refractivity contribution is 6.69. The van der Waals surface area contributed by atoms with Crippen LogP contribution in [0.4, 0.5) is 0 Å². The third kappa shape index (κ3) is 2.62. The van der Waals surface area contributed by atoms with Crippen molar-refractivity contribution in [1.29, 1.82) is 0 Å². The Kier molecular flexibility index (Phi) is 3.77. The fourth-order valence-electron chi connectivity index (χ4n) is 6.09. The molecule has 2 saturated carbocycles. The minimum Gasteiger partial charge on any atom is -0.414 e. The molecule has 0 N–H and O–H groups in total. The quantitative estimate of drug-likeness (QED) is 0.627. The predicted octanol–water partition coefficient (Wildman–Crippen LogP) is 5.76. The van der Waals surface area contributed by atoms with E-state index in [-0.39, 0.29) is 0 Å². The highest BCUT2D eigenvalue weighted by Gasteiger charge is 2.55. The molecule has 0 spiro atoms. The van der Waals surface area contributed by atoms with Crippen LogP contribution in [-0.2, 0) is 10.8 Å². The third-order valence-electron chi connectivity index (χ3n) is 7.05. The average Bonchev–Trinajstić information content (AvgIpc) is 2.82. The molecule has 1 aromatic rings. The number of fused-ring (bicyclic) bond motifs is 5. The van der Waals surface area contributed by atoms with Crippen LogP contribution in [0.1, 0.15) is 56.1 Å². The van der Waals surface area contributed by atoms with Gasteiger partial charge in [0.15, 0.2) is 8.32 Å². The van der Waals surface area contributed by atoms with Crippen LogP contribution in [0.25, 0.3) is 0 Å². The van der Waals surface area contributed by atoms with Crippen molar-refractivity contribution in [3.63, 3.8) is 0 Å². The SMILES string of the molecule is C[C@]12CC[C@@H]3c4ccccc4CC[C@H]3[C@@H]1CC[C@H]2O[Si](C)(C)C. The number of hydrogen-bond acceptors (Lipinski definition) is 1. The molecule has 0 bridgehead atoms. The second-order valence-electron chi connectivity index (χ2n) is 9.46. The summed E-state index contributed by atoms with van der Waals surface area (Å²) in [5, 5.41) is 0. The molecular weight excluding hydrogens is 296 g/mol. The van der Waals surface area contributed by atoms with Crippen LogP contribution in [0.15, 0.2) is 24.3 Å². The Morgan fingerprint density at radius 2 is 1.83 bits per heavy atom. The first-order valence-corrected chi connectivity index (χ1v) is 13.0. The first-order chi connectivity index (χ1) is 10.9. The molecule has 1 nitrogen and oxygen atoms in total. The summed E-state index contributed by atoms with van der Waals surface area (Å²) in [7, 11) is -1.45. The molecule has 0 aromatic heterocycles. The smallest absolute Gasteiger partial charge is 0.184 e. The normalized spacial score (nSPS) is 39.5. The lowest BCUT2D eigenvalue weighted by Crippen LogP contribution is -2.47. The van der Waals surface area contributed by atoms with Crippen LogP contribution in [0.5, 0.6) is 0 Å². The number of hydrogen-bond donors (Lipinski definition) is 0. The maximum absolute atomic E-state index is 6.66. The molecule has 23 heavy (non-hydrogen) atoms. The van der Waals surface area contributed by atoms with Crippen molar-refractivity contribution >= 4 is 8.32 Å². The van der Waals surface area contributed by atoms with Gasteiger partial charge in [-0.1, -0.05) is 31.2 Å². The van der Waals surface area contributed by atoms with Gasteiger partial charge in [-0.25, -0.2) is 0 Å². The molecular formula is C21H32OSi. The van der Waals surface area contributed by atoms with Gasteiger partial charge in [0.2, 0.25) is 0 Å². The van der Waals surface area contributed by atoms with Crippen molar-refractivity contribution in [1.82, 2.24) is 0 Å². The molecule has 126 valence electrons. The van der Waals surface area contributed by atoms with Crippen LogP contribution < -0.4 is 0 Å². The fraction of sp³-hybridized carbons (Fsp3) is 0.714. The Morgan fingerprint density at radius 3 is 2.61 bits per heavy atom. The molecule has 0 amide bonds. The average molecular weight is 329 g/mol. The molecule has 3 aliphatic rings. The van der Waals surface area contributed by atoms with Gasteiger partial charge < -0.3 is 4.43 Å². The van der Waals surface area contributed by atoms with Gasteiger partial charge in [-0.05, 0) is 92.5 Å². The van der Waals surface area contributed by atoms with Crippen LogP contribution in [0.2, 0.25) is 19.6 Å². The molecule has 2 heteroatoms. The van der Waals surface area contributed by atoms with Crippen molar-refractivity contribution < 1.29 is 4.43 Å². The number of benzene rings is 1. The highest BCUT2D eigenvalue weighted by atomic mass is 28.4. The zero-order valence-corrected chi connectivity index (χ0v) is 16.3. The van der Waals surface area contributed by atoms with E-state index in [1.54, 1.807) is 11.1 Å². The predicted molar refractivity (Wildman–Crippen MR) is 99.3 cm³/mol. The summed E-state index contributed by atoms with van der Waals surface area (Å²) in [6, 6.07) is 9.26. The summed E-state index contributed by atoms with van der Waals surface area (Å²) in [5.41, 5.74) is 3.75. The van der Waals surface area contributed by atoms with Gasteiger partial charge in [0.25, 0.3) is 0 Å². The third-order valence-corrected chi connectivity index (χ3v) is 8.04. The topological polar surface area (TPSA) is 9.23 Å². The molecule has 0 radical (unpaired) electrons. The Hall–Kier alpha value is -0.603. The van der Waals surface area contributed by atoms with Crippen LogP contribution in [-0.4, -0.2) is 14.4 Å².